The lowest BCUT2D eigenvalue weighted by atomic mass is 10.1. The van der Waals surface area contributed by atoms with Crippen molar-refractivity contribution in [3.8, 4) is 0 Å². The number of nitrogens with one attached hydrogen (secondary N) is 2. The van der Waals surface area contributed by atoms with Crippen LogP contribution in [0, 0.1) is 12.8 Å². The Morgan fingerprint density at radius 1 is 1.17 bits per heavy atom. The molecule has 2 rings (SSSR count). The van der Waals surface area contributed by atoms with Gasteiger partial charge in [-0.15, -0.1) is 0 Å². The van der Waals surface area contributed by atoms with E-state index in [1.54, 1.807) is 30.3 Å². The molecule has 2 N–H and O–H groups in total. The summed E-state index contributed by atoms with van der Waals surface area (Å²) in [6.07, 6.45) is 2.58. The SMILES string of the molecule is Cc1cccc(S(=O)(=O)Nc2ccc(NCCC(C)C)nc2)c1. The normalized spacial score (nSPS) is 11.5. The van der Waals surface area contributed by atoms with Crippen molar-refractivity contribution < 1.29 is 8.42 Å². The van der Waals surface area contributed by atoms with Crippen LogP contribution in [0.4, 0.5) is 11.5 Å². The van der Waals surface area contributed by atoms with Crippen molar-refractivity contribution in [2.24, 2.45) is 5.92 Å². The molecule has 124 valence electrons. The smallest absolute Gasteiger partial charge is 0.261 e. The highest BCUT2D eigenvalue weighted by atomic mass is 32.2. The lowest BCUT2D eigenvalue weighted by Gasteiger charge is -2.10. The van der Waals surface area contributed by atoms with Crippen molar-refractivity contribution in [3.63, 3.8) is 0 Å². The zero-order chi connectivity index (χ0) is 16.9. The molecule has 0 unspecified atom stereocenters. The van der Waals surface area contributed by atoms with Crippen LogP contribution in [-0.4, -0.2) is 19.9 Å². The summed E-state index contributed by atoms with van der Waals surface area (Å²) in [5.74, 6) is 1.37. The summed E-state index contributed by atoms with van der Waals surface area (Å²) < 4.78 is 27.2. The van der Waals surface area contributed by atoms with Gasteiger partial charge in [0.05, 0.1) is 16.8 Å². The zero-order valence-electron chi connectivity index (χ0n) is 13.7. The molecule has 6 heteroatoms. The molecule has 0 fully saturated rings. The van der Waals surface area contributed by atoms with Crippen LogP contribution in [-0.2, 0) is 10.0 Å². The summed E-state index contributed by atoms with van der Waals surface area (Å²) >= 11 is 0. The fourth-order valence-corrected chi connectivity index (χ4v) is 3.19. The Labute approximate surface area is 138 Å². The summed E-state index contributed by atoms with van der Waals surface area (Å²) in [4.78, 5) is 4.48. The Morgan fingerprint density at radius 2 is 1.96 bits per heavy atom. The van der Waals surface area contributed by atoms with E-state index in [0.29, 0.717) is 11.6 Å². The molecule has 0 spiro atoms. The highest BCUT2D eigenvalue weighted by Crippen LogP contribution is 2.17. The van der Waals surface area contributed by atoms with Gasteiger partial charge in [-0.05, 0) is 49.1 Å². The second-order valence-corrected chi connectivity index (χ2v) is 7.65. The molecule has 23 heavy (non-hydrogen) atoms. The molecule has 0 atom stereocenters. The molecule has 1 aromatic carbocycles. The van der Waals surface area contributed by atoms with Gasteiger partial charge in [0, 0.05) is 6.54 Å². The van der Waals surface area contributed by atoms with Gasteiger partial charge in [-0.3, -0.25) is 4.72 Å². The second-order valence-electron chi connectivity index (χ2n) is 5.96. The predicted molar refractivity (Wildman–Crippen MR) is 94.2 cm³/mol. The molecule has 0 saturated heterocycles. The monoisotopic (exact) mass is 333 g/mol. The third-order valence-corrected chi connectivity index (χ3v) is 4.72. The first-order valence-electron chi connectivity index (χ1n) is 7.66. The summed E-state index contributed by atoms with van der Waals surface area (Å²) in [5.41, 5.74) is 1.34. The highest BCUT2D eigenvalue weighted by molar-refractivity contribution is 7.92. The van der Waals surface area contributed by atoms with Crippen LogP contribution in [0.5, 0.6) is 0 Å². The molecular weight excluding hydrogens is 310 g/mol. The molecule has 0 bridgehead atoms. The number of anilines is 2. The van der Waals surface area contributed by atoms with Crippen molar-refractivity contribution in [2.75, 3.05) is 16.6 Å². The Bertz CT molecular complexity index is 741. The van der Waals surface area contributed by atoms with Crippen LogP contribution in [0.3, 0.4) is 0 Å². The predicted octanol–water partition coefficient (Wildman–Crippen LogP) is 3.65. The fraction of sp³-hybridized carbons (Fsp3) is 0.353. The number of pyridine rings is 1. The van der Waals surface area contributed by atoms with E-state index in [1.165, 1.54) is 6.20 Å². The third-order valence-electron chi connectivity index (χ3n) is 3.34. The maximum atomic E-state index is 12.3. The lowest BCUT2D eigenvalue weighted by molar-refractivity contribution is 0.601. The standard InChI is InChI=1S/C17H23N3O2S/c1-13(2)9-10-18-17-8-7-15(12-19-17)20-23(21,22)16-6-4-5-14(3)11-16/h4-8,11-13,20H,9-10H2,1-3H3,(H,18,19). The maximum absolute atomic E-state index is 12.3. The summed E-state index contributed by atoms with van der Waals surface area (Å²) in [5, 5.41) is 3.22. The quantitative estimate of drug-likeness (QED) is 0.811. The molecule has 5 nitrogen and oxygen atoms in total. The van der Waals surface area contributed by atoms with Crippen molar-refractivity contribution in [2.45, 2.75) is 32.1 Å². The van der Waals surface area contributed by atoms with Crippen LogP contribution in [0.1, 0.15) is 25.8 Å². The zero-order valence-corrected chi connectivity index (χ0v) is 14.5. The van der Waals surface area contributed by atoms with Gasteiger partial charge in [0.2, 0.25) is 0 Å². The van der Waals surface area contributed by atoms with Gasteiger partial charge in [-0.25, -0.2) is 13.4 Å². The van der Waals surface area contributed by atoms with Gasteiger partial charge in [-0.2, -0.15) is 0 Å². The van der Waals surface area contributed by atoms with Crippen molar-refractivity contribution in [1.29, 1.82) is 0 Å². The molecule has 0 saturated carbocycles. The lowest BCUT2D eigenvalue weighted by Crippen LogP contribution is -2.13. The third kappa shape index (κ3) is 5.25. The maximum Gasteiger partial charge on any atom is 0.261 e. The molecule has 0 aliphatic carbocycles. The van der Waals surface area contributed by atoms with Crippen molar-refractivity contribution in [3.05, 3.63) is 48.2 Å². The molecule has 0 amide bonds. The number of nitrogens with zero attached hydrogens (tertiary/aromatic N) is 1. The number of benzene rings is 1. The average molecular weight is 333 g/mol. The molecule has 0 radical (unpaired) electrons. The highest BCUT2D eigenvalue weighted by Gasteiger charge is 2.14. The minimum Gasteiger partial charge on any atom is -0.370 e. The van der Waals surface area contributed by atoms with Crippen LogP contribution in [0.15, 0.2) is 47.5 Å². The number of aryl methyl sites for hydroxylation is 1. The van der Waals surface area contributed by atoms with Gasteiger partial charge < -0.3 is 5.32 Å². The van der Waals surface area contributed by atoms with Gasteiger partial charge in [-0.1, -0.05) is 26.0 Å². The Hall–Kier alpha value is -2.08. The van der Waals surface area contributed by atoms with Crippen LogP contribution >= 0.6 is 0 Å². The van der Waals surface area contributed by atoms with E-state index in [1.807, 2.05) is 13.0 Å². The topological polar surface area (TPSA) is 71.1 Å². The number of hydrogen-bond acceptors (Lipinski definition) is 4. The van der Waals surface area contributed by atoms with Gasteiger partial charge in [0.1, 0.15) is 5.82 Å². The minimum atomic E-state index is -3.59. The van der Waals surface area contributed by atoms with Crippen LogP contribution in [0.25, 0.3) is 0 Å². The van der Waals surface area contributed by atoms with Crippen LogP contribution < -0.4 is 10.0 Å². The molecule has 1 heterocycles. The van der Waals surface area contributed by atoms with E-state index >= 15 is 0 Å². The van der Waals surface area contributed by atoms with Crippen molar-refractivity contribution >= 4 is 21.5 Å². The Kier molecular flexibility index (Phi) is 5.60. The van der Waals surface area contributed by atoms with E-state index in [-0.39, 0.29) is 4.90 Å². The van der Waals surface area contributed by atoms with E-state index in [4.69, 9.17) is 0 Å². The number of hydrogen-bond donors (Lipinski definition) is 2. The van der Waals surface area contributed by atoms with Gasteiger partial charge >= 0.3 is 0 Å². The van der Waals surface area contributed by atoms with Crippen LogP contribution in [0.2, 0.25) is 0 Å². The summed E-state index contributed by atoms with van der Waals surface area (Å²) in [6, 6.07) is 10.3. The number of aromatic nitrogens is 1. The molecule has 0 aliphatic heterocycles. The Balaban J connectivity index is 2.03. The largest absolute Gasteiger partial charge is 0.370 e. The minimum absolute atomic E-state index is 0.247. The van der Waals surface area contributed by atoms with E-state index in [9.17, 15) is 8.42 Å². The van der Waals surface area contributed by atoms with Gasteiger partial charge in [0.25, 0.3) is 10.0 Å². The fourth-order valence-electron chi connectivity index (χ4n) is 2.04. The number of sulfonamides is 1. The van der Waals surface area contributed by atoms with E-state index in [0.717, 1.165) is 24.3 Å². The first-order chi connectivity index (χ1) is 10.9. The molecule has 0 aliphatic rings. The second kappa shape index (κ2) is 7.46. The summed E-state index contributed by atoms with van der Waals surface area (Å²) in [6.45, 7) is 7.04. The first-order valence-corrected chi connectivity index (χ1v) is 9.14. The van der Waals surface area contributed by atoms with E-state index < -0.39 is 10.0 Å². The van der Waals surface area contributed by atoms with Gasteiger partial charge in [0.15, 0.2) is 0 Å². The first kappa shape index (κ1) is 17.3. The molecule has 1 aromatic heterocycles. The average Bonchev–Trinajstić information content (AvgIpc) is 2.48. The Morgan fingerprint density at radius 3 is 2.57 bits per heavy atom. The molecular formula is C17H23N3O2S. The van der Waals surface area contributed by atoms with E-state index in [2.05, 4.69) is 28.9 Å². The molecule has 2 aromatic rings. The number of rotatable bonds is 7. The van der Waals surface area contributed by atoms with Crippen molar-refractivity contribution in [1.82, 2.24) is 4.98 Å². The summed E-state index contributed by atoms with van der Waals surface area (Å²) in [7, 11) is -3.59.